The Morgan fingerprint density at radius 3 is 2.83 bits per heavy atom. The van der Waals surface area contributed by atoms with Crippen LogP contribution in [0.2, 0.25) is 0 Å². The molecule has 1 aliphatic rings. The van der Waals surface area contributed by atoms with E-state index in [4.69, 9.17) is 4.74 Å². The maximum absolute atomic E-state index is 12.3. The molecule has 0 unspecified atom stereocenters. The molecule has 1 aromatic carbocycles. The zero-order valence-corrected chi connectivity index (χ0v) is 13.7. The number of carbonyl (C=O) groups is 2. The number of benzene rings is 1. The first kappa shape index (κ1) is 15.7. The number of rotatable bonds is 4. The lowest BCUT2D eigenvalue weighted by Crippen LogP contribution is -2.37. The summed E-state index contributed by atoms with van der Waals surface area (Å²) in [5.74, 6) is -0.546. The van der Waals surface area contributed by atoms with E-state index in [1.807, 2.05) is 12.1 Å². The summed E-state index contributed by atoms with van der Waals surface area (Å²) >= 11 is 1.26. The van der Waals surface area contributed by atoms with Gasteiger partial charge in [0.25, 0.3) is 0 Å². The molecule has 2 heterocycles. The molecule has 0 fully saturated rings. The van der Waals surface area contributed by atoms with E-state index < -0.39 is 5.97 Å². The first-order valence-electron chi connectivity index (χ1n) is 7.42. The third kappa shape index (κ3) is 3.60. The molecule has 0 saturated carbocycles. The van der Waals surface area contributed by atoms with E-state index in [2.05, 4.69) is 22.3 Å². The van der Waals surface area contributed by atoms with Gasteiger partial charge in [-0.2, -0.15) is 0 Å². The minimum atomic E-state index is -0.429. The molecule has 0 radical (unpaired) electrons. The Kier molecular flexibility index (Phi) is 4.73. The third-order valence-electron chi connectivity index (χ3n) is 3.89. The number of nitrogens with one attached hydrogen (secondary N) is 1. The van der Waals surface area contributed by atoms with Crippen LogP contribution in [0.5, 0.6) is 0 Å². The summed E-state index contributed by atoms with van der Waals surface area (Å²) in [6, 6.07) is 10.0. The Labute approximate surface area is 138 Å². The Morgan fingerprint density at radius 2 is 2.04 bits per heavy atom. The van der Waals surface area contributed by atoms with Gasteiger partial charge in [0.2, 0.25) is 5.91 Å². The summed E-state index contributed by atoms with van der Waals surface area (Å²) in [7, 11) is 1.33. The fourth-order valence-electron chi connectivity index (χ4n) is 2.74. The molecule has 0 spiro atoms. The summed E-state index contributed by atoms with van der Waals surface area (Å²) in [5.41, 5.74) is 3.15. The van der Waals surface area contributed by atoms with Gasteiger partial charge in [-0.3, -0.25) is 9.69 Å². The molecule has 23 heavy (non-hydrogen) atoms. The number of thiophene rings is 1. The van der Waals surface area contributed by atoms with Gasteiger partial charge in [0.05, 0.1) is 19.3 Å². The summed E-state index contributed by atoms with van der Waals surface area (Å²) in [5, 5.41) is 4.57. The summed E-state index contributed by atoms with van der Waals surface area (Å²) in [6.45, 7) is 1.94. The number of esters is 1. The van der Waals surface area contributed by atoms with Crippen LogP contribution in [-0.4, -0.2) is 37.0 Å². The minimum absolute atomic E-state index is 0.118. The number of amides is 1. The summed E-state index contributed by atoms with van der Waals surface area (Å²) in [6.07, 6.45) is 0.954. The maximum Gasteiger partial charge on any atom is 0.350 e. The van der Waals surface area contributed by atoms with Crippen LogP contribution in [0.15, 0.2) is 35.7 Å². The summed E-state index contributed by atoms with van der Waals surface area (Å²) in [4.78, 5) is 26.4. The van der Waals surface area contributed by atoms with Gasteiger partial charge >= 0.3 is 5.97 Å². The molecule has 2 aromatic rings. The van der Waals surface area contributed by atoms with Crippen LogP contribution in [0.1, 0.15) is 20.8 Å². The van der Waals surface area contributed by atoms with Crippen molar-refractivity contribution in [3.05, 3.63) is 51.7 Å². The average Bonchev–Trinajstić information content (AvgIpc) is 3.02. The molecule has 6 heteroatoms. The van der Waals surface area contributed by atoms with E-state index in [-0.39, 0.29) is 5.91 Å². The monoisotopic (exact) mass is 330 g/mol. The van der Waals surface area contributed by atoms with E-state index in [1.54, 1.807) is 11.4 Å². The number of ether oxygens (including phenoxy) is 1. The molecule has 3 rings (SSSR count). The lowest BCUT2D eigenvalue weighted by atomic mass is 10.00. The second-order valence-electron chi connectivity index (χ2n) is 5.43. The number of nitrogens with zero attached hydrogens (tertiary/aromatic N) is 1. The topological polar surface area (TPSA) is 58.6 Å². The fourth-order valence-corrected chi connectivity index (χ4v) is 3.51. The van der Waals surface area contributed by atoms with Gasteiger partial charge in [0.1, 0.15) is 4.88 Å². The largest absolute Gasteiger partial charge is 0.465 e. The average molecular weight is 330 g/mol. The number of hydrogen-bond acceptors (Lipinski definition) is 5. The van der Waals surface area contributed by atoms with Gasteiger partial charge in [-0.25, -0.2) is 4.79 Å². The molecule has 5 nitrogen and oxygen atoms in total. The third-order valence-corrected chi connectivity index (χ3v) is 4.78. The van der Waals surface area contributed by atoms with Crippen molar-refractivity contribution >= 4 is 28.9 Å². The number of carbonyl (C=O) groups excluding carboxylic acids is 2. The molecular formula is C17H18N2O3S. The van der Waals surface area contributed by atoms with E-state index in [0.717, 1.165) is 19.5 Å². The van der Waals surface area contributed by atoms with Crippen molar-refractivity contribution in [2.24, 2.45) is 0 Å². The lowest BCUT2D eigenvalue weighted by Gasteiger charge is -2.28. The van der Waals surface area contributed by atoms with Gasteiger partial charge in [-0.05, 0) is 29.0 Å². The molecule has 0 bridgehead atoms. The van der Waals surface area contributed by atoms with Gasteiger partial charge in [0, 0.05) is 13.1 Å². The highest BCUT2D eigenvalue weighted by atomic mass is 32.1. The van der Waals surface area contributed by atoms with Crippen molar-refractivity contribution < 1.29 is 14.3 Å². The highest BCUT2D eigenvalue weighted by molar-refractivity contribution is 7.12. The Hall–Kier alpha value is -2.18. The number of methoxy groups -OCH3 is 1. The molecule has 0 aliphatic carbocycles. The SMILES string of the molecule is COC(=O)c1sccc1NC(=O)CN1CCc2ccccc2C1. The van der Waals surface area contributed by atoms with Gasteiger partial charge in [-0.1, -0.05) is 24.3 Å². The highest BCUT2D eigenvalue weighted by Crippen LogP contribution is 2.23. The Balaban J connectivity index is 1.61. The van der Waals surface area contributed by atoms with E-state index in [1.165, 1.54) is 29.6 Å². The van der Waals surface area contributed by atoms with Crippen molar-refractivity contribution in [2.45, 2.75) is 13.0 Å². The highest BCUT2D eigenvalue weighted by Gasteiger charge is 2.20. The first-order chi connectivity index (χ1) is 11.2. The van der Waals surface area contributed by atoms with E-state index >= 15 is 0 Å². The second-order valence-corrected chi connectivity index (χ2v) is 6.35. The van der Waals surface area contributed by atoms with Crippen molar-refractivity contribution in [3.8, 4) is 0 Å². The Morgan fingerprint density at radius 1 is 1.26 bits per heavy atom. The van der Waals surface area contributed by atoms with Crippen LogP contribution in [0.3, 0.4) is 0 Å². The van der Waals surface area contributed by atoms with Crippen LogP contribution in [0, 0.1) is 0 Å². The standard InChI is InChI=1S/C17H18N2O3S/c1-22-17(21)16-14(7-9-23-16)18-15(20)11-19-8-6-12-4-2-3-5-13(12)10-19/h2-5,7,9H,6,8,10-11H2,1H3,(H,18,20). The molecule has 0 atom stereocenters. The van der Waals surface area contributed by atoms with Crippen molar-refractivity contribution in [3.63, 3.8) is 0 Å². The predicted molar refractivity (Wildman–Crippen MR) is 89.7 cm³/mol. The Bertz CT molecular complexity index is 726. The molecule has 1 aliphatic heterocycles. The molecule has 120 valence electrons. The predicted octanol–water partition coefficient (Wildman–Crippen LogP) is 2.53. The second kappa shape index (κ2) is 6.93. The van der Waals surface area contributed by atoms with Crippen LogP contribution in [-0.2, 0) is 22.5 Å². The number of fused-ring (bicyclic) bond motifs is 1. The summed E-state index contributed by atoms with van der Waals surface area (Å²) < 4.78 is 4.72. The van der Waals surface area contributed by atoms with Gasteiger partial charge in [-0.15, -0.1) is 11.3 Å². The lowest BCUT2D eigenvalue weighted by molar-refractivity contribution is -0.117. The van der Waals surface area contributed by atoms with Crippen LogP contribution in [0.4, 0.5) is 5.69 Å². The van der Waals surface area contributed by atoms with Crippen LogP contribution < -0.4 is 5.32 Å². The van der Waals surface area contributed by atoms with E-state index in [0.29, 0.717) is 17.1 Å². The first-order valence-corrected chi connectivity index (χ1v) is 8.30. The van der Waals surface area contributed by atoms with Crippen molar-refractivity contribution in [2.75, 3.05) is 25.5 Å². The smallest absolute Gasteiger partial charge is 0.350 e. The number of anilines is 1. The van der Waals surface area contributed by atoms with Crippen molar-refractivity contribution in [1.29, 1.82) is 0 Å². The normalized spacial score (nSPS) is 14.1. The van der Waals surface area contributed by atoms with Crippen molar-refractivity contribution in [1.82, 2.24) is 4.90 Å². The quantitative estimate of drug-likeness (QED) is 0.875. The molecule has 1 N–H and O–H groups in total. The minimum Gasteiger partial charge on any atom is -0.465 e. The van der Waals surface area contributed by atoms with Crippen LogP contribution in [0.25, 0.3) is 0 Å². The van der Waals surface area contributed by atoms with Gasteiger partial charge in [0.15, 0.2) is 0 Å². The number of hydrogen-bond donors (Lipinski definition) is 1. The molecule has 0 saturated heterocycles. The van der Waals surface area contributed by atoms with Crippen LogP contribution >= 0.6 is 11.3 Å². The molecule has 1 aromatic heterocycles. The zero-order chi connectivity index (χ0) is 16.2. The van der Waals surface area contributed by atoms with Gasteiger partial charge < -0.3 is 10.1 Å². The maximum atomic E-state index is 12.3. The zero-order valence-electron chi connectivity index (χ0n) is 12.9. The van der Waals surface area contributed by atoms with E-state index in [9.17, 15) is 9.59 Å². The molecule has 1 amide bonds. The molecular weight excluding hydrogens is 312 g/mol. The fraction of sp³-hybridized carbons (Fsp3) is 0.294.